The molecule has 1 aliphatic heterocycles. The van der Waals surface area contributed by atoms with E-state index in [4.69, 9.17) is 4.42 Å². The van der Waals surface area contributed by atoms with Gasteiger partial charge in [0, 0.05) is 35.1 Å². The Labute approximate surface area is 211 Å². The van der Waals surface area contributed by atoms with E-state index in [2.05, 4.69) is 81.0 Å². The molecule has 1 aliphatic rings. The molecular formula is C31H42N3O+. The zero-order chi connectivity index (χ0) is 25.1. The predicted octanol–water partition coefficient (Wildman–Crippen LogP) is 7.94. The number of unbranched alkanes of at least 4 members (excludes halogenated alkanes) is 1. The minimum atomic E-state index is 0.424. The fraction of sp³-hybridized carbons (Fsp3) is 0.484. The van der Waals surface area contributed by atoms with Gasteiger partial charge in [0.15, 0.2) is 0 Å². The highest BCUT2D eigenvalue weighted by molar-refractivity contribution is 5.94. The van der Waals surface area contributed by atoms with Crippen LogP contribution in [-0.2, 0) is 7.05 Å². The van der Waals surface area contributed by atoms with Crippen LogP contribution >= 0.6 is 0 Å². The molecule has 2 aromatic heterocycles. The van der Waals surface area contributed by atoms with Crippen molar-refractivity contribution in [3.63, 3.8) is 0 Å². The maximum atomic E-state index is 6.00. The van der Waals surface area contributed by atoms with E-state index < -0.39 is 0 Å². The molecule has 0 spiro atoms. The summed E-state index contributed by atoms with van der Waals surface area (Å²) in [5.74, 6) is 0.637. The Balaban J connectivity index is 1.38. The molecule has 0 saturated carbocycles. The maximum absolute atomic E-state index is 6.00. The van der Waals surface area contributed by atoms with Crippen LogP contribution in [0.4, 0.5) is 5.69 Å². The fourth-order valence-electron chi connectivity index (χ4n) is 4.96. The van der Waals surface area contributed by atoms with Crippen molar-refractivity contribution in [2.75, 3.05) is 11.4 Å². The molecule has 3 aromatic rings. The quantitative estimate of drug-likeness (QED) is 0.234. The zero-order valence-corrected chi connectivity index (χ0v) is 22.5. The summed E-state index contributed by atoms with van der Waals surface area (Å²) in [6.45, 7) is 13.0. The third-order valence-electron chi connectivity index (χ3n) is 7.06. The summed E-state index contributed by atoms with van der Waals surface area (Å²) < 4.78 is 7.98. The second kappa shape index (κ2) is 10.4. The number of hydrogen-bond acceptors (Lipinski definition) is 3. The molecule has 4 heteroatoms. The van der Waals surface area contributed by atoms with Gasteiger partial charge in [-0.15, -0.1) is 0 Å². The minimum Gasteiger partial charge on any atom is -0.411 e. The van der Waals surface area contributed by atoms with E-state index in [0.717, 1.165) is 23.3 Å². The Morgan fingerprint density at radius 1 is 0.943 bits per heavy atom. The highest BCUT2D eigenvalue weighted by Gasteiger charge is 2.21. The smallest absolute Gasteiger partial charge is 0.370 e. The molecule has 0 saturated heterocycles. The Morgan fingerprint density at radius 3 is 2.49 bits per heavy atom. The summed E-state index contributed by atoms with van der Waals surface area (Å²) in [6.07, 6.45) is 16.1. The molecule has 0 radical (unpaired) electrons. The Bertz CT molecular complexity index is 1210. The molecule has 0 amide bonds. The van der Waals surface area contributed by atoms with Crippen molar-refractivity contribution in [1.82, 2.24) is 4.98 Å². The molecule has 0 bridgehead atoms. The number of para-hydroxylation sites is 1. The van der Waals surface area contributed by atoms with E-state index >= 15 is 0 Å². The summed E-state index contributed by atoms with van der Waals surface area (Å²) in [6, 6.07) is 12.6. The average molecular weight is 473 g/mol. The molecule has 0 fully saturated rings. The zero-order valence-electron chi connectivity index (χ0n) is 22.5. The van der Waals surface area contributed by atoms with Crippen LogP contribution < -0.4 is 9.47 Å². The minimum absolute atomic E-state index is 0.424. The van der Waals surface area contributed by atoms with Crippen molar-refractivity contribution in [1.29, 1.82) is 0 Å². The Kier molecular flexibility index (Phi) is 7.49. The molecule has 4 nitrogen and oxygen atoms in total. The van der Waals surface area contributed by atoms with Gasteiger partial charge in [-0.1, -0.05) is 65.7 Å². The fourth-order valence-corrected chi connectivity index (χ4v) is 4.96. The second-order valence-electron chi connectivity index (χ2n) is 12.0. The van der Waals surface area contributed by atoms with Crippen LogP contribution in [0.3, 0.4) is 0 Å². The first kappa shape index (κ1) is 25.2. The van der Waals surface area contributed by atoms with Crippen LogP contribution in [0.15, 0.2) is 59.3 Å². The third kappa shape index (κ3) is 6.62. The van der Waals surface area contributed by atoms with Crippen LogP contribution in [0.5, 0.6) is 0 Å². The summed E-state index contributed by atoms with van der Waals surface area (Å²) >= 11 is 0. The van der Waals surface area contributed by atoms with Gasteiger partial charge < -0.3 is 9.32 Å². The number of allylic oxidation sites excluding steroid dienone is 2. The molecule has 0 N–H and O–H groups in total. The number of benzene rings is 1. The van der Waals surface area contributed by atoms with E-state index in [-0.39, 0.29) is 0 Å². The van der Waals surface area contributed by atoms with Crippen molar-refractivity contribution in [2.45, 2.75) is 73.1 Å². The Morgan fingerprint density at radius 2 is 1.71 bits per heavy atom. The van der Waals surface area contributed by atoms with Gasteiger partial charge in [0.25, 0.3) is 0 Å². The van der Waals surface area contributed by atoms with E-state index in [1.807, 2.05) is 36.0 Å². The maximum Gasteiger partial charge on any atom is 0.370 e. The number of aryl methyl sites for hydroxylation is 1. The first-order chi connectivity index (χ1) is 16.6. The number of fused-ring (bicyclic) bond motifs is 2. The first-order valence-electron chi connectivity index (χ1n) is 13.1. The van der Waals surface area contributed by atoms with Gasteiger partial charge in [-0.3, -0.25) is 0 Å². The number of rotatable bonds is 9. The monoisotopic (exact) mass is 472 g/mol. The lowest BCUT2D eigenvalue weighted by Crippen LogP contribution is -2.28. The normalized spacial score (nSPS) is 15.3. The molecular weight excluding hydrogens is 430 g/mol. The third-order valence-corrected chi connectivity index (χ3v) is 7.06. The summed E-state index contributed by atoms with van der Waals surface area (Å²) in [5.41, 5.74) is 6.14. The molecule has 3 heterocycles. The number of pyridine rings is 1. The number of oxazole rings is 1. The number of nitrogens with zero attached hydrogens (tertiary/aromatic N) is 3. The first-order valence-corrected chi connectivity index (χ1v) is 13.1. The van der Waals surface area contributed by atoms with E-state index in [1.54, 1.807) is 0 Å². The number of aromatic nitrogens is 2. The van der Waals surface area contributed by atoms with Crippen LogP contribution in [-0.4, -0.2) is 11.5 Å². The van der Waals surface area contributed by atoms with Gasteiger partial charge in [-0.25, -0.2) is 4.57 Å². The van der Waals surface area contributed by atoms with Crippen LogP contribution in [0, 0.1) is 10.8 Å². The second-order valence-corrected chi connectivity index (χ2v) is 12.0. The van der Waals surface area contributed by atoms with Crippen molar-refractivity contribution < 1.29 is 8.98 Å². The van der Waals surface area contributed by atoms with Gasteiger partial charge in [0.05, 0.1) is 13.2 Å². The number of hydrogen-bond donors (Lipinski definition) is 0. The summed E-state index contributed by atoms with van der Waals surface area (Å²) in [4.78, 5) is 7.08. The van der Waals surface area contributed by atoms with E-state index in [9.17, 15) is 0 Å². The van der Waals surface area contributed by atoms with Crippen LogP contribution in [0.25, 0.3) is 22.9 Å². The van der Waals surface area contributed by atoms with Crippen molar-refractivity contribution in [3.05, 3.63) is 66.3 Å². The predicted molar refractivity (Wildman–Crippen MR) is 147 cm³/mol. The lowest BCUT2D eigenvalue weighted by molar-refractivity contribution is -0.646. The van der Waals surface area contributed by atoms with Crippen LogP contribution in [0.1, 0.15) is 84.6 Å². The van der Waals surface area contributed by atoms with Gasteiger partial charge in [0.2, 0.25) is 5.58 Å². The van der Waals surface area contributed by atoms with E-state index in [1.165, 1.54) is 49.8 Å². The molecule has 0 atom stereocenters. The SMILES string of the molecule is C[n+]1cccc2oc(/C=C3\C=CN(CCCCC(C)(C)CCCC(C)(C)C)c4ccccc43)nc21. The summed E-state index contributed by atoms with van der Waals surface area (Å²) in [7, 11) is 1.99. The average Bonchev–Trinajstić information content (AvgIpc) is 3.21. The summed E-state index contributed by atoms with van der Waals surface area (Å²) in [5, 5.41) is 0. The van der Waals surface area contributed by atoms with Gasteiger partial charge in [-0.05, 0) is 66.4 Å². The number of anilines is 1. The van der Waals surface area contributed by atoms with Crippen LogP contribution in [0.2, 0.25) is 0 Å². The van der Waals surface area contributed by atoms with E-state index in [0.29, 0.717) is 16.7 Å². The standard InChI is InChI=1S/C31H42N3O/c1-30(2,3)17-12-19-31(4,5)18-9-10-21-34-22-16-24(25-13-7-8-14-26(25)34)23-28-32-29-27(35-28)15-11-20-33(29)6/h7-8,11,13-16,20,22-23H,9-10,12,17-19,21H2,1-6H3/q+1. The van der Waals surface area contributed by atoms with Crippen molar-refractivity contribution >= 4 is 28.6 Å². The molecule has 1 aromatic carbocycles. The van der Waals surface area contributed by atoms with Crippen molar-refractivity contribution in [2.24, 2.45) is 17.9 Å². The molecule has 35 heavy (non-hydrogen) atoms. The van der Waals surface area contributed by atoms with Gasteiger partial charge in [0.1, 0.15) is 0 Å². The Hall–Kier alpha value is -2.88. The molecule has 186 valence electrons. The van der Waals surface area contributed by atoms with Gasteiger partial charge >= 0.3 is 11.5 Å². The topological polar surface area (TPSA) is 33.1 Å². The lowest BCUT2D eigenvalue weighted by atomic mass is 9.79. The highest BCUT2D eigenvalue weighted by Crippen LogP contribution is 2.35. The highest BCUT2D eigenvalue weighted by atomic mass is 16.3. The molecule has 0 unspecified atom stereocenters. The van der Waals surface area contributed by atoms with Crippen molar-refractivity contribution in [3.8, 4) is 0 Å². The molecule has 4 rings (SSSR count). The van der Waals surface area contributed by atoms with Gasteiger partial charge in [-0.2, -0.15) is 0 Å². The lowest BCUT2D eigenvalue weighted by Gasteiger charge is -2.29. The molecule has 0 aliphatic carbocycles. The largest absolute Gasteiger partial charge is 0.411 e.